The lowest BCUT2D eigenvalue weighted by molar-refractivity contribution is 0.282. The zero-order valence-corrected chi connectivity index (χ0v) is 22.1. The van der Waals surface area contributed by atoms with E-state index in [9.17, 15) is 0 Å². The molecule has 0 heterocycles. The highest BCUT2D eigenvalue weighted by Crippen LogP contribution is 2.37. The minimum atomic E-state index is 0. The van der Waals surface area contributed by atoms with Crippen molar-refractivity contribution in [2.75, 3.05) is 33.3 Å². The van der Waals surface area contributed by atoms with Gasteiger partial charge in [-0.15, -0.1) is 24.8 Å². The summed E-state index contributed by atoms with van der Waals surface area (Å²) in [5.74, 6) is 1.33. The van der Waals surface area contributed by atoms with Gasteiger partial charge >= 0.3 is 0 Å². The van der Waals surface area contributed by atoms with E-state index >= 15 is 0 Å². The first-order valence-corrected chi connectivity index (χ1v) is 10.9. The van der Waals surface area contributed by atoms with E-state index in [0.717, 1.165) is 48.3 Å². The molecular formula is C21H29BrCl4N2O2. The van der Waals surface area contributed by atoms with Crippen LogP contribution in [0.4, 0.5) is 0 Å². The third-order valence-corrected chi connectivity index (χ3v) is 5.68. The maximum Gasteiger partial charge on any atom is 0.175 e. The lowest BCUT2D eigenvalue weighted by atomic mass is 10.2. The first-order chi connectivity index (χ1) is 13.5. The van der Waals surface area contributed by atoms with E-state index in [0.29, 0.717) is 28.2 Å². The molecule has 2 rings (SSSR count). The molecule has 0 atom stereocenters. The Hall–Kier alpha value is -0.400. The molecule has 30 heavy (non-hydrogen) atoms. The van der Waals surface area contributed by atoms with Gasteiger partial charge in [-0.1, -0.05) is 43.1 Å². The normalized spacial score (nSPS) is 10.4. The topological polar surface area (TPSA) is 33.7 Å². The molecule has 4 nitrogen and oxygen atoms in total. The Kier molecular flexibility index (Phi) is 15.2. The van der Waals surface area contributed by atoms with Crippen LogP contribution in [0.5, 0.6) is 11.5 Å². The van der Waals surface area contributed by atoms with Gasteiger partial charge in [0.15, 0.2) is 11.5 Å². The molecule has 0 spiro atoms. The molecule has 1 N–H and O–H groups in total. The van der Waals surface area contributed by atoms with Gasteiger partial charge in [0.1, 0.15) is 6.61 Å². The lowest BCUT2D eigenvalue weighted by Crippen LogP contribution is -2.31. The van der Waals surface area contributed by atoms with Crippen molar-refractivity contribution < 1.29 is 9.47 Å². The van der Waals surface area contributed by atoms with Crippen LogP contribution in [0.1, 0.15) is 25.0 Å². The molecule has 0 aliphatic heterocycles. The van der Waals surface area contributed by atoms with Crippen LogP contribution in [0, 0.1) is 0 Å². The highest BCUT2D eigenvalue weighted by molar-refractivity contribution is 9.10. The van der Waals surface area contributed by atoms with Crippen molar-refractivity contribution in [1.29, 1.82) is 0 Å². The first-order valence-electron chi connectivity index (χ1n) is 9.34. The number of likely N-dealkylation sites (N-methyl/N-ethyl adjacent to an activating group) is 1. The second kappa shape index (κ2) is 15.4. The Morgan fingerprint density at radius 2 is 1.77 bits per heavy atom. The highest BCUT2D eigenvalue weighted by Gasteiger charge is 2.13. The van der Waals surface area contributed by atoms with Crippen molar-refractivity contribution >= 4 is 63.9 Å². The van der Waals surface area contributed by atoms with Crippen molar-refractivity contribution in [2.24, 2.45) is 0 Å². The van der Waals surface area contributed by atoms with Gasteiger partial charge in [0.25, 0.3) is 0 Å². The average Bonchev–Trinajstić information content (AvgIpc) is 2.68. The summed E-state index contributed by atoms with van der Waals surface area (Å²) in [7, 11) is 1.64. The minimum absolute atomic E-state index is 0. The molecular weight excluding hydrogens is 534 g/mol. The molecule has 2 aromatic rings. The molecule has 0 radical (unpaired) electrons. The number of halogens is 5. The van der Waals surface area contributed by atoms with Gasteiger partial charge in [-0.3, -0.25) is 0 Å². The van der Waals surface area contributed by atoms with E-state index in [4.69, 9.17) is 32.7 Å². The number of benzene rings is 2. The second-order valence-corrected chi connectivity index (χ2v) is 8.04. The lowest BCUT2D eigenvalue weighted by Gasteiger charge is -2.18. The van der Waals surface area contributed by atoms with Crippen LogP contribution in [-0.4, -0.2) is 38.2 Å². The maximum atomic E-state index is 6.23. The van der Waals surface area contributed by atoms with Gasteiger partial charge in [0.2, 0.25) is 0 Å². The zero-order chi connectivity index (χ0) is 20.5. The van der Waals surface area contributed by atoms with Crippen LogP contribution in [0.2, 0.25) is 10.0 Å². The maximum absolute atomic E-state index is 6.23. The Labute approximate surface area is 210 Å². The van der Waals surface area contributed by atoms with Gasteiger partial charge in [0, 0.05) is 35.2 Å². The van der Waals surface area contributed by atoms with Crippen LogP contribution >= 0.6 is 63.9 Å². The number of nitrogens with one attached hydrogen (secondary N) is 1. The number of hydrogen-bond donors (Lipinski definition) is 1. The molecule has 2 aromatic carbocycles. The fourth-order valence-electron chi connectivity index (χ4n) is 2.81. The number of ether oxygens (including phenoxy) is 2. The molecule has 0 bridgehead atoms. The van der Waals surface area contributed by atoms with Gasteiger partial charge in [-0.25, -0.2) is 0 Å². The summed E-state index contributed by atoms with van der Waals surface area (Å²) in [6.07, 6.45) is 0. The SMILES string of the molecule is CCN(CC)CCNCc1cc(Br)c(OCc2ccc(Cl)cc2Cl)c(OC)c1.Cl.Cl. The molecule has 0 unspecified atom stereocenters. The van der Waals surface area contributed by atoms with Crippen molar-refractivity contribution in [1.82, 2.24) is 10.2 Å². The van der Waals surface area contributed by atoms with E-state index in [1.807, 2.05) is 18.2 Å². The molecule has 0 aromatic heterocycles. The Morgan fingerprint density at radius 3 is 2.37 bits per heavy atom. The molecule has 9 heteroatoms. The quantitative estimate of drug-likeness (QED) is 0.312. The van der Waals surface area contributed by atoms with E-state index in [2.05, 4.69) is 40.0 Å². The Morgan fingerprint density at radius 1 is 1.07 bits per heavy atom. The monoisotopic (exact) mass is 560 g/mol. The fourth-order valence-corrected chi connectivity index (χ4v) is 3.88. The van der Waals surface area contributed by atoms with Crippen molar-refractivity contribution in [3.8, 4) is 11.5 Å². The summed E-state index contributed by atoms with van der Waals surface area (Å²) < 4.78 is 12.4. The molecule has 0 aliphatic carbocycles. The van der Waals surface area contributed by atoms with Gasteiger partial charge in [0.05, 0.1) is 11.6 Å². The smallest absolute Gasteiger partial charge is 0.175 e. The van der Waals surface area contributed by atoms with Crippen LogP contribution in [0.25, 0.3) is 0 Å². The van der Waals surface area contributed by atoms with Gasteiger partial charge < -0.3 is 19.7 Å². The molecule has 0 fully saturated rings. The minimum Gasteiger partial charge on any atom is -0.493 e. The average molecular weight is 563 g/mol. The van der Waals surface area contributed by atoms with E-state index in [1.165, 1.54) is 0 Å². The summed E-state index contributed by atoms with van der Waals surface area (Å²) >= 11 is 15.8. The third kappa shape index (κ3) is 8.99. The predicted molar refractivity (Wildman–Crippen MR) is 135 cm³/mol. The second-order valence-electron chi connectivity index (χ2n) is 6.34. The summed E-state index contributed by atoms with van der Waals surface area (Å²) in [5, 5.41) is 4.66. The molecule has 0 saturated carbocycles. The summed E-state index contributed by atoms with van der Waals surface area (Å²) in [5.41, 5.74) is 1.99. The number of hydrogen-bond acceptors (Lipinski definition) is 4. The number of methoxy groups -OCH3 is 1. The standard InChI is InChI=1S/C21H27BrCl2N2O2.2ClH/c1-4-26(5-2)9-8-25-13-15-10-18(22)21(20(11-15)27-3)28-14-16-6-7-17(23)12-19(16)24;;/h6-7,10-12,25H,4-5,8-9,13-14H2,1-3H3;2*1H. The Bertz CT molecular complexity index is 777. The summed E-state index contributed by atoms with van der Waals surface area (Å²) in [6.45, 7) is 9.57. The van der Waals surface area contributed by atoms with Crippen LogP contribution in [-0.2, 0) is 13.2 Å². The Balaban J connectivity index is 0.00000420. The number of rotatable bonds is 11. The molecule has 0 aliphatic rings. The van der Waals surface area contributed by atoms with Crippen LogP contribution < -0.4 is 14.8 Å². The van der Waals surface area contributed by atoms with E-state index < -0.39 is 0 Å². The predicted octanol–water partition coefficient (Wildman–Crippen LogP) is 6.62. The molecule has 0 saturated heterocycles. The largest absolute Gasteiger partial charge is 0.493 e. The third-order valence-electron chi connectivity index (χ3n) is 4.50. The number of nitrogens with zero attached hydrogens (tertiary/aromatic N) is 1. The van der Waals surface area contributed by atoms with Crippen molar-refractivity contribution in [3.63, 3.8) is 0 Å². The van der Waals surface area contributed by atoms with Gasteiger partial charge in [-0.05, 0) is 58.8 Å². The fraction of sp³-hybridized carbons (Fsp3) is 0.429. The summed E-state index contributed by atoms with van der Waals surface area (Å²) in [6, 6.07) is 9.41. The van der Waals surface area contributed by atoms with Crippen LogP contribution in [0.3, 0.4) is 0 Å². The molecule has 170 valence electrons. The van der Waals surface area contributed by atoms with Gasteiger partial charge in [-0.2, -0.15) is 0 Å². The van der Waals surface area contributed by atoms with E-state index in [1.54, 1.807) is 19.2 Å². The summed E-state index contributed by atoms with van der Waals surface area (Å²) in [4.78, 5) is 2.39. The first kappa shape index (κ1) is 29.6. The van der Waals surface area contributed by atoms with Crippen molar-refractivity contribution in [2.45, 2.75) is 27.0 Å². The zero-order valence-electron chi connectivity index (χ0n) is 17.3. The molecule has 0 amide bonds. The van der Waals surface area contributed by atoms with Crippen molar-refractivity contribution in [3.05, 3.63) is 56.0 Å². The van der Waals surface area contributed by atoms with E-state index in [-0.39, 0.29) is 24.8 Å². The van der Waals surface area contributed by atoms with Crippen LogP contribution in [0.15, 0.2) is 34.8 Å². The highest BCUT2D eigenvalue weighted by atomic mass is 79.9.